The second kappa shape index (κ2) is 6.24. The average Bonchev–Trinajstić information content (AvgIpc) is 2.50. The third-order valence-corrected chi connectivity index (χ3v) is 4.52. The number of hydrogen-bond acceptors (Lipinski definition) is 5. The number of nitrogens with two attached hydrogens (primary N) is 1. The van der Waals surface area contributed by atoms with Crippen LogP contribution in [0.5, 0.6) is 0 Å². The van der Waals surface area contributed by atoms with Gasteiger partial charge in [-0.25, -0.2) is 15.0 Å². The molecule has 0 bridgehead atoms. The van der Waals surface area contributed by atoms with Gasteiger partial charge >= 0.3 is 0 Å². The third kappa shape index (κ3) is 3.40. The third-order valence-electron chi connectivity index (χ3n) is 2.68. The topological polar surface area (TPSA) is 64.7 Å². The molecule has 0 aliphatic carbocycles. The Bertz CT molecular complexity index is 765. The Morgan fingerprint density at radius 1 is 1.00 bits per heavy atom. The first kappa shape index (κ1) is 14.0. The van der Waals surface area contributed by atoms with Crippen molar-refractivity contribution in [2.24, 2.45) is 0 Å². The Balaban J connectivity index is 1.97. The minimum absolute atomic E-state index is 0.443. The van der Waals surface area contributed by atoms with E-state index in [4.69, 9.17) is 5.73 Å². The van der Waals surface area contributed by atoms with Crippen LogP contribution in [0.1, 0.15) is 0 Å². The summed E-state index contributed by atoms with van der Waals surface area (Å²) in [5, 5.41) is 1.61. The molecule has 0 saturated carbocycles. The van der Waals surface area contributed by atoms with Gasteiger partial charge in [-0.1, -0.05) is 30.3 Å². The molecule has 0 aliphatic rings. The zero-order valence-corrected chi connectivity index (χ0v) is 13.3. The maximum absolute atomic E-state index is 5.89. The molecule has 2 N–H and O–H groups in total. The van der Waals surface area contributed by atoms with Crippen LogP contribution >= 0.6 is 27.7 Å². The summed E-state index contributed by atoms with van der Waals surface area (Å²) in [6, 6.07) is 15.3. The fourth-order valence-electron chi connectivity index (χ4n) is 1.76. The lowest BCUT2D eigenvalue weighted by Gasteiger charge is -2.06. The molecule has 3 aromatic rings. The SMILES string of the molecule is Nc1cc(Sc2ncccc2Br)nc(-c2ccccc2)n1. The summed E-state index contributed by atoms with van der Waals surface area (Å²) in [6.45, 7) is 0. The monoisotopic (exact) mass is 358 g/mol. The number of aromatic nitrogens is 3. The molecule has 2 heterocycles. The van der Waals surface area contributed by atoms with Crippen LogP contribution in [0.25, 0.3) is 11.4 Å². The highest BCUT2D eigenvalue weighted by Crippen LogP contribution is 2.31. The van der Waals surface area contributed by atoms with Crippen molar-refractivity contribution in [3.05, 3.63) is 59.2 Å². The van der Waals surface area contributed by atoms with Crippen LogP contribution in [0.15, 0.2) is 69.3 Å². The molecule has 0 atom stereocenters. The van der Waals surface area contributed by atoms with Crippen molar-refractivity contribution in [3.8, 4) is 11.4 Å². The molecule has 0 fully saturated rings. The smallest absolute Gasteiger partial charge is 0.162 e. The second-order valence-corrected chi connectivity index (χ2v) is 6.08. The summed E-state index contributed by atoms with van der Waals surface area (Å²) >= 11 is 4.93. The van der Waals surface area contributed by atoms with Crippen molar-refractivity contribution in [1.29, 1.82) is 0 Å². The second-order valence-electron chi connectivity index (χ2n) is 4.21. The van der Waals surface area contributed by atoms with Crippen LogP contribution in [0, 0.1) is 0 Å². The van der Waals surface area contributed by atoms with Crippen LogP contribution < -0.4 is 5.73 Å². The first-order chi connectivity index (χ1) is 10.2. The summed E-state index contributed by atoms with van der Waals surface area (Å²) < 4.78 is 0.924. The van der Waals surface area contributed by atoms with E-state index in [1.54, 1.807) is 12.3 Å². The lowest BCUT2D eigenvalue weighted by Crippen LogP contribution is -1.97. The zero-order valence-electron chi connectivity index (χ0n) is 10.9. The minimum atomic E-state index is 0.443. The summed E-state index contributed by atoms with van der Waals surface area (Å²) in [7, 11) is 0. The minimum Gasteiger partial charge on any atom is -0.384 e. The number of nitrogen functional groups attached to an aromatic ring is 1. The van der Waals surface area contributed by atoms with Gasteiger partial charge in [0.25, 0.3) is 0 Å². The molecule has 21 heavy (non-hydrogen) atoms. The summed E-state index contributed by atoms with van der Waals surface area (Å²) in [5.74, 6) is 1.06. The van der Waals surface area contributed by atoms with Gasteiger partial charge in [0.1, 0.15) is 15.9 Å². The van der Waals surface area contributed by atoms with Gasteiger partial charge in [-0.3, -0.25) is 0 Å². The van der Waals surface area contributed by atoms with Crippen molar-refractivity contribution in [2.75, 3.05) is 5.73 Å². The van der Waals surface area contributed by atoms with Gasteiger partial charge in [0.05, 0.1) is 4.47 Å². The van der Waals surface area contributed by atoms with Crippen molar-refractivity contribution in [1.82, 2.24) is 15.0 Å². The number of benzene rings is 1. The number of nitrogens with zero attached hydrogens (tertiary/aromatic N) is 3. The largest absolute Gasteiger partial charge is 0.384 e. The molecule has 2 aromatic heterocycles. The van der Waals surface area contributed by atoms with E-state index in [0.29, 0.717) is 11.6 Å². The van der Waals surface area contributed by atoms with E-state index >= 15 is 0 Å². The average molecular weight is 359 g/mol. The quantitative estimate of drug-likeness (QED) is 0.715. The molecule has 0 spiro atoms. The van der Waals surface area contributed by atoms with Crippen LogP contribution in [0.2, 0.25) is 0 Å². The van der Waals surface area contributed by atoms with Gasteiger partial charge in [0, 0.05) is 17.8 Å². The Hall–Kier alpha value is -1.92. The Morgan fingerprint density at radius 2 is 1.81 bits per heavy atom. The molecule has 3 rings (SSSR count). The van der Waals surface area contributed by atoms with Crippen molar-refractivity contribution < 1.29 is 0 Å². The van der Waals surface area contributed by atoms with Crippen LogP contribution in [0.3, 0.4) is 0 Å². The van der Waals surface area contributed by atoms with E-state index in [1.807, 2.05) is 42.5 Å². The maximum atomic E-state index is 5.89. The zero-order chi connectivity index (χ0) is 14.7. The number of halogens is 1. The molecule has 1 aromatic carbocycles. The molecular formula is C15H11BrN4S. The first-order valence-corrected chi connectivity index (χ1v) is 7.82. The highest BCUT2D eigenvalue weighted by molar-refractivity contribution is 9.10. The Labute approximate surface area is 135 Å². The maximum Gasteiger partial charge on any atom is 0.162 e. The van der Waals surface area contributed by atoms with E-state index in [9.17, 15) is 0 Å². The molecule has 104 valence electrons. The Morgan fingerprint density at radius 3 is 2.57 bits per heavy atom. The van der Waals surface area contributed by atoms with Gasteiger partial charge in [-0.2, -0.15) is 0 Å². The van der Waals surface area contributed by atoms with Gasteiger partial charge in [-0.15, -0.1) is 0 Å². The number of hydrogen-bond donors (Lipinski definition) is 1. The highest BCUT2D eigenvalue weighted by Gasteiger charge is 2.09. The van der Waals surface area contributed by atoms with Gasteiger partial charge in [0.15, 0.2) is 5.82 Å². The highest BCUT2D eigenvalue weighted by atomic mass is 79.9. The van der Waals surface area contributed by atoms with Crippen LogP contribution in [-0.2, 0) is 0 Å². The van der Waals surface area contributed by atoms with Gasteiger partial charge < -0.3 is 5.73 Å². The van der Waals surface area contributed by atoms with Crippen molar-refractivity contribution >= 4 is 33.5 Å². The molecular weight excluding hydrogens is 348 g/mol. The number of pyridine rings is 1. The Kier molecular flexibility index (Phi) is 4.17. The van der Waals surface area contributed by atoms with Crippen LogP contribution in [-0.4, -0.2) is 15.0 Å². The van der Waals surface area contributed by atoms with Gasteiger partial charge in [-0.05, 0) is 39.8 Å². The summed E-state index contributed by atoms with van der Waals surface area (Å²) in [5.41, 5.74) is 6.83. The molecule has 6 heteroatoms. The van der Waals surface area contributed by atoms with Crippen LogP contribution in [0.4, 0.5) is 5.82 Å². The first-order valence-electron chi connectivity index (χ1n) is 6.21. The normalized spacial score (nSPS) is 10.5. The summed E-state index contributed by atoms with van der Waals surface area (Å²) in [6.07, 6.45) is 1.75. The fraction of sp³-hybridized carbons (Fsp3) is 0. The van der Waals surface area contributed by atoms with Crippen molar-refractivity contribution in [2.45, 2.75) is 10.1 Å². The molecule has 0 unspecified atom stereocenters. The number of rotatable bonds is 3. The van der Waals surface area contributed by atoms with Crippen molar-refractivity contribution in [3.63, 3.8) is 0 Å². The molecule has 0 aliphatic heterocycles. The fourth-order valence-corrected chi connectivity index (χ4v) is 3.04. The lowest BCUT2D eigenvalue weighted by atomic mass is 10.2. The van der Waals surface area contributed by atoms with E-state index in [-0.39, 0.29) is 0 Å². The van der Waals surface area contributed by atoms with E-state index in [2.05, 4.69) is 30.9 Å². The van der Waals surface area contributed by atoms with E-state index < -0.39 is 0 Å². The number of anilines is 1. The van der Waals surface area contributed by atoms with Gasteiger partial charge in [0.2, 0.25) is 0 Å². The van der Waals surface area contributed by atoms with E-state index in [0.717, 1.165) is 20.1 Å². The molecule has 4 nitrogen and oxygen atoms in total. The molecule has 0 radical (unpaired) electrons. The molecule has 0 amide bonds. The molecule has 0 saturated heterocycles. The van der Waals surface area contributed by atoms with E-state index in [1.165, 1.54) is 11.8 Å². The predicted molar refractivity (Wildman–Crippen MR) is 87.9 cm³/mol. The summed E-state index contributed by atoms with van der Waals surface area (Å²) in [4.78, 5) is 13.2. The standard InChI is InChI=1S/C15H11BrN4S/c16-11-7-4-8-18-15(11)21-13-9-12(17)19-14(20-13)10-5-2-1-3-6-10/h1-9H,(H2,17,19,20). The predicted octanol–water partition coefficient (Wildman–Crippen LogP) is 4.03. The lowest BCUT2D eigenvalue weighted by molar-refractivity contribution is 1.05.